The van der Waals surface area contributed by atoms with E-state index in [-0.39, 0.29) is 0 Å². The van der Waals surface area contributed by atoms with Crippen LogP contribution in [0.25, 0.3) is 11.3 Å². The number of H-pyrrole nitrogens is 1. The first-order chi connectivity index (χ1) is 14.2. The van der Waals surface area contributed by atoms with Gasteiger partial charge in [-0.15, -0.1) is 0 Å². The highest BCUT2D eigenvalue weighted by molar-refractivity contribution is 5.98. The fourth-order valence-corrected chi connectivity index (χ4v) is 2.95. The van der Waals surface area contributed by atoms with E-state index in [9.17, 15) is 4.79 Å². The van der Waals surface area contributed by atoms with Crippen molar-refractivity contribution in [3.63, 3.8) is 0 Å². The van der Waals surface area contributed by atoms with Crippen LogP contribution in [0.15, 0.2) is 79.4 Å². The fourth-order valence-electron chi connectivity index (χ4n) is 2.95. The molecule has 144 valence electrons. The average molecular weight is 384 g/mol. The van der Waals surface area contributed by atoms with E-state index in [4.69, 9.17) is 5.73 Å². The molecule has 2 heterocycles. The summed E-state index contributed by atoms with van der Waals surface area (Å²) in [5.41, 5.74) is 10.4. The number of pyridine rings is 1. The normalized spacial score (nSPS) is 10.5. The number of nitrogens with one attached hydrogen (secondary N) is 3. The average Bonchev–Trinajstić information content (AvgIpc) is 3.28. The van der Waals surface area contributed by atoms with Gasteiger partial charge >= 0.3 is 0 Å². The summed E-state index contributed by atoms with van der Waals surface area (Å²) in [7, 11) is 0. The minimum absolute atomic E-state index is 0.348. The number of rotatable bonds is 7. The van der Waals surface area contributed by atoms with Crippen LogP contribution in [0.4, 0.5) is 17.2 Å². The summed E-state index contributed by atoms with van der Waals surface area (Å²) in [4.78, 5) is 23.2. The third kappa shape index (κ3) is 4.41. The third-order valence-electron chi connectivity index (χ3n) is 4.46. The van der Waals surface area contributed by atoms with Gasteiger partial charge in [0, 0.05) is 24.5 Å². The zero-order chi connectivity index (χ0) is 20.1. The molecule has 0 aliphatic carbocycles. The summed E-state index contributed by atoms with van der Waals surface area (Å²) < 4.78 is 0. The van der Waals surface area contributed by atoms with Gasteiger partial charge in [-0.1, -0.05) is 42.5 Å². The smallest absolute Gasteiger partial charge is 0.252 e. The molecule has 7 nitrogen and oxygen atoms in total. The molecule has 2 aromatic heterocycles. The van der Waals surface area contributed by atoms with E-state index in [2.05, 4.69) is 25.6 Å². The lowest BCUT2D eigenvalue weighted by atomic mass is 10.1. The van der Waals surface area contributed by atoms with Gasteiger partial charge in [-0.25, -0.2) is 9.97 Å². The first-order valence-electron chi connectivity index (χ1n) is 9.12. The Labute approximate surface area is 168 Å². The maximum atomic E-state index is 11.8. The monoisotopic (exact) mass is 384 g/mol. The molecular formula is C22H20N6O. The van der Waals surface area contributed by atoms with Gasteiger partial charge < -0.3 is 21.4 Å². The number of carbonyl (C=O) groups is 1. The van der Waals surface area contributed by atoms with Crippen LogP contribution in [0.1, 0.15) is 15.9 Å². The maximum absolute atomic E-state index is 11.8. The highest BCUT2D eigenvalue weighted by Crippen LogP contribution is 2.24. The predicted octanol–water partition coefficient (Wildman–Crippen LogP) is 3.93. The molecule has 7 heteroatoms. The van der Waals surface area contributed by atoms with Gasteiger partial charge in [-0.05, 0) is 23.3 Å². The molecule has 0 fully saturated rings. The summed E-state index contributed by atoms with van der Waals surface area (Å²) in [6, 6.07) is 19.6. The Kier molecular flexibility index (Phi) is 5.20. The number of anilines is 3. The number of carbonyl (C=O) groups excluding carboxylic acids is 1. The summed E-state index contributed by atoms with van der Waals surface area (Å²) >= 11 is 0. The SMILES string of the molecule is NC(=O)c1cnc(Nc2ccc(-c3cnc[nH]3)cc2)cc1NCc1ccccc1. The molecule has 29 heavy (non-hydrogen) atoms. The van der Waals surface area contributed by atoms with Gasteiger partial charge in [-0.2, -0.15) is 0 Å². The predicted molar refractivity (Wildman–Crippen MR) is 114 cm³/mol. The third-order valence-corrected chi connectivity index (χ3v) is 4.46. The van der Waals surface area contributed by atoms with Gasteiger partial charge in [0.25, 0.3) is 5.91 Å². The number of hydrogen-bond acceptors (Lipinski definition) is 5. The van der Waals surface area contributed by atoms with Crippen LogP contribution in [0.2, 0.25) is 0 Å². The van der Waals surface area contributed by atoms with Crippen molar-refractivity contribution in [2.24, 2.45) is 5.73 Å². The highest BCUT2D eigenvalue weighted by atomic mass is 16.1. The molecule has 0 spiro atoms. The topological polar surface area (TPSA) is 109 Å². The van der Waals surface area contributed by atoms with E-state index in [1.807, 2.05) is 54.6 Å². The van der Waals surface area contributed by atoms with Crippen LogP contribution >= 0.6 is 0 Å². The number of nitrogens with two attached hydrogens (primary N) is 1. The molecule has 4 rings (SSSR count). The van der Waals surface area contributed by atoms with E-state index >= 15 is 0 Å². The van der Waals surface area contributed by atoms with Crippen LogP contribution in [0.3, 0.4) is 0 Å². The van der Waals surface area contributed by atoms with Crippen molar-refractivity contribution in [1.82, 2.24) is 15.0 Å². The van der Waals surface area contributed by atoms with Crippen molar-refractivity contribution in [2.45, 2.75) is 6.54 Å². The highest BCUT2D eigenvalue weighted by Gasteiger charge is 2.11. The number of aromatic nitrogens is 3. The number of nitrogens with zero attached hydrogens (tertiary/aromatic N) is 2. The zero-order valence-electron chi connectivity index (χ0n) is 15.6. The molecule has 0 radical (unpaired) electrons. The van der Waals surface area contributed by atoms with Crippen molar-refractivity contribution in [3.05, 3.63) is 90.5 Å². The number of amides is 1. The molecule has 2 aromatic carbocycles. The molecule has 0 atom stereocenters. The largest absolute Gasteiger partial charge is 0.380 e. The number of aromatic amines is 1. The van der Waals surface area contributed by atoms with E-state index in [1.165, 1.54) is 6.20 Å². The van der Waals surface area contributed by atoms with Crippen molar-refractivity contribution in [1.29, 1.82) is 0 Å². The van der Waals surface area contributed by atoms with Crippen molar-refractivity contribution in [2.75, 3.05) is 10.6 Å². The van der Waals surface area contributed by atoms with Crippen molar-refractivity contribution in [3.8, 4) is 11.3 Å². The Morgan fingerprint density at radius 3 is 2.52 bits per heavy atom. The Bertz CT molecular complexity index is 1090. The Hall–Kier alpha value is -4.13. The second kappa shape index (κ2) is 8.26. The number of imidazole rings is 1. The molecule has 1 amide bonds. The van der Waals surface area contributed by atoms with Crippen LogP contribution in [0, 0.1) is 0 Å². The van der Waals surface area contributed by atoms with E-state index in [0.717, 1.165) is 22.5 Å². The molecule has 0 unspecified atom stereocenters. The number of primary amides is 1. The lowest BCUT2D eigenvalue weighted by Gasteiger charge is -2.13. The molecular weight excluding hydrogens is 364 g/mol. The fraction of sp³-hybridized carbons (Fsp3) is 0.0455. The summed E-state index contributed by atoms with van der Waals surface area (Å²) in [6.45, 7) is 0.573. The Morgan fingerprint density at radius 1 is 1.03 bits per heavy atom. The quantitative estimate of drug-likeness (QED) is 0.386. The van der Waals surface area contributed by atoms with Crippen LogP contribution in [-0.2, 0) is 6.54 Å². The van der Waals surface area contributed by atoms with Gasteiger partial charge in [0.15, 0.2) is 0 Å². The van der Waals surface area contributed by atoms with E-state index < -0.39 is 5.91 Å². The number of benzene rings is 2. The van der Waals surface area contributed by atoms with Gasteiger partial charge in [-0.3, -0.25) is 4.79 Å². The van der Waals surface area contributed by atoms with Crippen molar-refractivity contribution >= 4 is 23.1 Å². The first kappa shape index (κ1) is 18.2. The second-order valence-electron chi connectivity index (χ2n) is 6.49. The summed E-state index contributed by atoms with van der Waals surface area (Å²) in [5.74, 6) is 0.0865. The van der Waals surface area contributed by atoms with Crippen LogP contribution in [0.5, 0.6) is 0 Å². The van der Waals surface area contributed by atoms with Gasteiger partial charge in [0.2, 0.25) is 0 Å². The van der Waals surface area contributed by atoms with Crippen LogP contribution in [-0.4, -0.2) is 20.9 Å². The van der Waals surface area contributed by atoms with E-state index in [0.29, 0.717) is 23.6 Å². The maximum Gasteiger partial charge on any atom is 0.252 e. The lowest BCUT2D eigenvalue weighted by Crippen LogP contribution is -2.15. The number of hydrogen-bond donors (Lipinski definition) is 4. The summed E-state index contributed by atoms with van der Waals surface area (Å²) in [6.07, 6.45) is 4.91. The molecule has 0 saturated heterocycles. The Balaban J connectivity index is 1.52. The minimum atomic E-state index is -0.525. The lowest BCUT2D eigenvalue weighted by molar-refractivity contribution is 0.100. The molecule has 5 N–H and O–H groups in total. The molecule has 4 aromatic rings. The second-order valence-corrected chi connectivity index (χ2v) is 6.49. The first-order valence-corrected chi connectivity index (χ1v) is 9.12. The van der Waals surface area contributed by atoms with Gasteiger partial charge in [0.05, 0.1) is 29.5 Å². The molecule has 0 aliphatic heterocycles. The molecule has 0 aliphatic rings. The van der Waals surface area contributed by atoms with E-state index in [1.54, 1.807) is 18.6 Å². The minimum Gasteiger partial charge on any atom is -0.380 e. The van der Waals surface area contributed by atoms with Crippen LogP contribution < -0.4 is 16.4 Å². The standard InChI is InChI=1S/C22H20N6O/c23-22(29)18-12-26-21(10-19(18)25-11-15-4-2-1-3-5-15)28-17-8-6-16(7-9-17)20-13-24-14-27-20/h1-10,12-14H,11H2,(H2,23,29)(H,24,27)(H2,25,26,28). The van der Waals surface area contributed by atoms with Gasteiger partial charge in [0.1, 0.15) is 5.82 Å². The van der Waals surface area contributed by atoms with Crippen molar-refractivity contribution < 1.29 is 4.79 Å². The molecule has 0 saturated carbocycles. The zero-order valence-corrected chi connectivity index (χ0v) is 15.6. The summed E-state index contributed by atoms with van der Waals surface area (Å²) in [5, 5.41) is 6.52. The molecule has 0 bridgehead atoms. The Morgan fingerprint density at radius 2 is 1.83 bits per heavy atom.